The van der Waals surface area contributed by atoms with E-state index in [0.29, 0.717) is 16.8 Å². The summed E-state index contributed by atoms with van der Waals surface area (Å²) in [5.41, 5.74) is 0.811. The molecule has 0 aliphatic heterocycles. The summed E-state index contributed by atoms with van der Waals surface area (Å²) < 4.78 is 15.0. The van der Waals surface area contributed by atoms with Gasteiger partial charge in [0.15, 0.2) is 0 Å². The number of fused-ring (bicyclic) bond motifs is 1. The van der Waals surface area contributed by atoms with Crippen LogP contribution in [0.25, 0.3) is 17.0 Å². The second-order valence-electron chi connectivity index (χ2n) is 4.93. The maximum absolute atomic E-state index is 12.1. The van der Waals surface area contributed by atoms with E-state index in [1.807, 2.05) is 6.07 Å². The molecule has 0 radical (unpaired) electrons. The minimum absolute atomic E-state index is 0.138. The van der Waals surface area contributed by atoms with Crippen molar-refractivity contribution in [1.82, 2.24) is 4.98 Å². The number of hydrogen-bond donors (Lipinski definition) is 0. The monoisotopic (exact) mass is 363 g/mol. The first kappa shape index (κ1) is 18.7. The highest BCUT2D eigenvalue weighted by molar-refractivity contribution is 6.32. The van der Waals surface area contributed by atoms with Gasteiger partial charge in [-0.1, -0.05) is 11.6 Å². The van der Waals surface area contributed by atoms with E-state index in [2.05, 4.69) is 4.98 Å². The summed E-state index contributed by atoms with van der Waals surface area (Å²) >= 11 is 6.21. The van der Waals surface area contributed by atoms with Gasteiger partial charge in [0, 0.05) is 17.0 Å². The Morgan fingerprint density at radius 3 is 2.32 bits per heavy atom. The molecule has 7 heteroatoms. The topological polar surface area (TPSA) is 74.7 Å². The molecule has 132 valence electrons. The number of hydrogen-bond acceptors (Lipinski definition) is 6. The number of pyridine rings is 1. The number of methoxy groups -OCH3 is 1. The van der Waals surface area contributed by atoms with E-state index < -0.39 is 11.9 Å². The molecular weight excluding hydrogens is 346 g/mol. The number of nitrogens with zero attached hydrogens (tertiary/aromatic N) is 1. The van der Waals surface area contributed by atoms with Crippen molar-refractivity contribution in [3.05, 3.63) is 40.6 Å². The van der Waals surface area contributed by atoms with Crippen LogP contribution in [0, 0.1) is 0 Å². The highest BCUT2D eigenvalue weighted by atomic mass is 35.5. The number of esters is 2. The minimum Gasteiger partial charge on any atom is -0.497 e. The molecule has 1 aromatic carbocycles. The fourth-order valence-corrected chi connectivity index (χ4v) is 2.34. The molecule has 1 heterocycles. The van der Waals surface area contributed by atoms with E-state index in [1.165, 1.54) is 6.08 Å². The Labute approximate surface area is 150 Å². The van der Waals surface area contributed by atoms with Crippen LogP contribution in [0.1, 0.15) is 19.4 Å². The Kier molecular flexibility index (Phi) is 6.36. The van der Waals surface area contributed by atoms with Crippen LogP contribution in [-0.2, 0) is 19.1 Å². The van der Waals surface area contributed by atoms with E-state index in [4.69, 9.17) is 25.8 Å². The lowest BCUT2D eigenvalue weighted by Crippen LogP contribution is -2.18. The third-order valence-corrected chi connectivity index (χ3v) is 3.60. The van der Waals surface area contributed by atoms with E-state index in [0.717, 1.165) is 5.39 Å². The summed E-state index contributed by atoms with van der Waals surface area (Å²) in [5, 5.41) is 0.926. The number of aromatic nitrogens is 1. The minimum atomic E-state index is -0.771. The van der Waals surface area contributed by atoms with Crippen LogP contribution < -0.4 is 4.74 Å². The predicted molar refractivity (Wildman–Crippen MR) is 94.5 cm³/mol. The van der Waals surface area contributed by atoms with Gasteiger partial charge in [-0.3, -0.25) is 0 Å². The average Bonchev–Trinajstić information content (AvgIpc) is 2.59. The number of ether oxygens (including phenoxy) is 3. The van der Waals surface area contributed by atoms with E-state index >= 15 is 0 Å². The van der Waals surface area contributed by atoms with Crippen LogP contribution in [0.2, 0.25) is 5.15 Å². The van der Waals surface area contributed by atoms with E-state index in [1.54, 1.807) is 39.2 Å². The maximum atomic E-state index is 12.1. The molecule has 0 atom stereocenters. The Balaban J connectivity index is 2.52. The third kappa shape index (κ3) is 4.48. The molecule has 0 unspecified atom stereocenters. The predicted octanol–water partition coefficient (Wildman–Crippen LogP) is 3.41. The lowest BCUT2D eigenvalue weighted by atomic mass is 10.1. The van der Waals surface area contributed by atoms with Crippen LogP contribution in [0.4, 0.5) is 0 Å². The van der Waals surface area contributed by atoms with Gasteiger partial charge < -0.3 is 14.2 Å². The second-order valence-corrected chi connectivity index (χ2v) is 5.28. The molecule has 2 rings (SSSR count). The fourth-order valence-electron chi connectivity index (χ4n) is 2.14. The summed E-state index contributed by atoms with van der Waals surface area (Å²) in [5.74, 6) is -0.892. The molecule has 6 nitrogen and oxygen atoms in total. The third-order valence-electron chi connectivity index (χ3n) is 3.30. The van der Waals surface area contributed by atoms with E-state index in [-0.39, 0.29) is 23.9 Å². The lowest BCUT2D eigenvalue weighted by molar-refractivity contribution is -0.146. The fraction of sp³-hybridized carbons (Fsp3) is 0.278. The Hall–Kier alpha value is -2.60. The summed E-state index contributed by atoms with van der Waals surface area (Å²) in [7, 11) is 1.56. The zero-order chi connectivity index (χ0) is 18.4. The van der Waals surface area contributed by atoms with Crippen molar-refractivity contribution in [3.8, 4) is 5.75 Å². The van der Waals surface area contributed by atoms with Gasteiger partial charge in [0.05, 0.1) is 25.8 Å². The maximum Gasteiger partial charge on any atom is 0.345 e. The molecule has 0 fully saturated rings. The molecule has 0 spiro atoms. The van der Waals surface area contributed by atoms with Crippen LogP contribution in [0.5, 0.6) is 5.75 Å². The summed E-state index contributed by atoms with van der Waals surface area (Å²) in [6.07, 6.45) is 1.33. The normalized spacial score (nSPS) is 10.2. The summed E-state index contributed by atoms with van der Waals surface area (Å²) in [6, 6.07) is 7.06. The molecule has 0 saturated heterocycles. The molecule has 0 saturated carbocycles. The van der Waals surface area contributed by atoms with Crippen molar-refractivity contribution in [2.45, 2.75) is 13.8 Å². The van der Waals surface area contributed by atoms with Crippen molar-refractivity contribution in [3.63, 3.8) is 0 Å². The largest absolute Gasteiger partial charge is 0.497 e. The summed E-state index contributed by atoms with van der Waals surface area (Å²) in [4.78, 5) is 28.4. The molecule has 25 heavy (non-hydrogen) atoms. The van der Waals surface area contributed by atoms with Gasteiger partial charge in [-0.05, 0) is 38.1 Å². The smallest absolute Gasteiger partial charge is 0.345 e. The Morgan fingerprint density at radius 1 is 1.12 bits per heavy atom. The van der Waals surface area contributed by atoms with Gasteiger partial charge in [0.2, 0.25) is 0 Å². The lowest BCUT2D eigenvalue weighted by Gasteiger charge is -2.08. The van der Waals surface area contributed by atoms with Gasteiger partial charge in [-0.15, -0.1) is 0 Å². The number of benzene rings is 1. The average molecular weight is 364 g/mol. The van der Waals surface area contributed by atoms with Gasteiger partial charge in [0.25, 0.3) is 0 Å². The SMILES string of the molecule is CCOC(=O)C(=Cc1cc2ccc(OC)cc2nc1Cl)C(=O)OCC. The van der Waals surface area contributed by atoms with Crippen LogP contribution in [-0.4, -0.2) is 37.2 Å². The highest BCUT2D eigenvalue weighted by Gasteiger charge is 2.21. The van der Waals surface area contributed by atoms with Crippen molar-refractivity contribution in [1.29, 1.82) is 0 Å². The van der Waals surface area contributed by atoms with Crippen molar-refractivity contribution in [2.75, 3.05) is 20.3 Å². The van der Waals surface area contributed by atoms with Gasteiger partial charge >= 0.3 is 11.9 Å². The second kappa shape index (κ2) is 8.48. The number of rotatable bonds is 6. The molecule has 0 N–H and O–H groups in total. The van der Waals surface area contributed by atoms with Crippen LogP contribution >= 0.6 is 11.6 Å². The Morgan fingerprint density at radius 2 is 1.76 bits per heavy atom. The molecule has 0 amide bonds. The first-order chi connectivity index (χ1) is 12.0. The molecular formula is C18H18ClNO5. The van der Waals surface area contributed by atoms with E-state index in [9.17, 15) is 9.59 Å². The molecule has 1 aromatic heterocycles. The molecule has 0 aliphatic carbocycles. The van der Waals surface area contributed by atoms with Crippen LogP contribution in [0.3, 0.4) is 0 Å². The zero-order valence-electron chi connectivity index (χ0n) is 14.2. The first-order valence-electron chi connectivity index (χ1n) is 7.70. The molecule has 0 bridgehead atoms. The highest BCUT2D eigenvalue weighted by Crippen LogP contribution is 2.26. The number of carbonyl (C=O) groups excluding carboxylic acids is 2. The molecule has 0 aliphatic rings. The quantitative estimate of drug-likeness (QED) is 0.257. The number of carbonyl (C=O) groups is 2. The van der Waals surface area contributed by atoms with Gasteiger partial charge in [-0.25, -0.2) is 14.6 Å². The molecule has 2 aromatic rings. The number of halogens is 1. The van der Waals surface area contributed by atoms with Gasteiger partial charge in [0.1, 0.15) is 16.5 Å². The zero-order valence-corrected chi connectivity index (χ0v) is 14.9. The van der Waals surface area contributed by atoms with Crippen molar-refractivity contribution < 1.29 is 23.8 Å². The van der Waals surface area contributed by atoms with Gasteiger partial charge in [-0.2, -0.15) is 0 Å². The van der Waals surface area contributed by atoms with Crippen LogP contribution in [0.15, 0.2) is 29.8 Å². The Bertz CT molecular complexity index is 812. The van der Waals surface area contributed by atoms with Crippen molar-refractivity contribution >= 4 is 40.5 Å². The summed E-state index contributed by atoms with van der Waals surface area (Å²) in [6.45, 7) is 3.58. The first-order valence-corrected chi connectivity index (χ1v) is 8.08. The van der Waals surface area contributed by atoms with Crippen molar-refractivity contribution in [2.24, 2.45) is 0 Å². The standard InChI is InChI=1S/C18H18ClNO5/c1-4-24-17(21)14(18(22)25-5-2)9-12-8-11-6-7-13(23-3)10-15(11)20-16(12)19/h6-10H,4-5H2,1-3H3.